The van der Waals surface area contributed by atoms with Crippen molar-refractivity contribution in [2.75, 3.05) is 73.9 Å². The largest absolute Gasteiger partial charge is 0.445 e. The molecule has 582 valence electrons. The second-order valence-electron chi connectivity index (χ2n) is 27.9. The van der Waals surface area contributed by atoms with E-state index in [1.165, 1.54) is 47.2 Å². The fraction of sp³-hybridized carbons (Fsp3) is 0.658. The number of aliphatic hydroxyl groups excluding tert-OH is 1. The van der Waals surface area contributed by atoms with Crippen molar-refractivity contribution in [3.05, 3.63) is 65.7 Å². The minimum Gasteiger partial charge on any atom is -0.445 e. The molecule has 14 amide bonds. The second kappa shape index (κ2) is 44.6. The quantitative estimate of drug-likeness (QED) is 0.0425. The predicted molar refractivity (Wildman–Crippen MR) is 390 cm³/mol. The van der Waals surface area contributed by atoms with Crippen molar-refractivity contribution in [2.45, 2.75) is 214 Å². The molecule has 104 heavy (non-hydrogen) atoms. The normalized spacial score (nSPS) is 16.2. The number of benzene rings is 2. The molecule has 1 saturated heterocycles. The number of amides is 14. The number of nitrogens with one attached hydrogen (secondary N) is 9. The predicted octanol–water partition coefficient (Wildman–Crippen LogP) is 2.98. The molecule has 0 aliphatic carbocycles. The smallest absolute Gasteiger partial charge is 0.410 e. The monoisotopic (exact) mass is 1460 g/mol. The van der Waals surface area contributed by atoms with E-state index in [0.29, 0.717) is 42.6 Å². The molecule has 1 aliphatic heterocycles. The number of carbonyl (C=O) groups excluding carboxylic acids is 13. The minimum atomic E-state index is -1.17. The van der Waals surface area contributed by atoms with Crippen molar-refractivity contribution >= 4 is 82.8 Å². The lowest BCUT2D eigenvalue weighted by molar-refractivity contribution is -0.148. The lowest BCUT2D eigenvalue weighted by atomic mass is 9.89. The maximum Gasteiger partial charge on any atom is 0.410 e. The molecule has 2 aromatic carbocycles. The molecule has 1 fully saturated rings. The zero-order valence-electron chi connectivity index (χ0n) is 63.9. The highest BCUT2D eigenvalue weighted by molar-refractivity contribution is 5.99. The Morgan fingerprint density at radius 1 is 0.654 bits per heavy atom. The summed E-state index contributed by atoms with van der Waals surface area (Å²) in [7, 11) is 8.89. The van der Waals surface area contributed by atoms with E-state index in [-0.39, 0.29) is 88.9 Å². The van der Waals surface area contributed by atoms with Gasteiger partial charge in [-0.1, -0.05) is 111 Å². The van der Waals surface area contributed by atoms with Gasteiger partial charge in [0.1, 0.15) is 36.8 Å². The summed E-state index contributed by atoms with van der Waals surface area (Å²) in [6.45, 7) is 19.3. The van der Waals surface area contributed by atoms with Crippen LogP contribution in [0.3, 0.4) is 0 Å². The average Bonchev–Trinajstić information content (AvgIpc) is 1.36. The molecule has 2 aromatic rings. The first-order chi connectivity index (χ1) is 49.0. The standard InChI is InChI=1S/C73H118N14O17/c1-18-45(8)63(54(102-16)39-59(92)87-38-24-28-53(87)65(103-17)46(9)66(94)79-47(10)64(93)50-25-20-19-21-26-50)85(14)71(99)61(43(4)5)83-70(98)62(44(6)7)86(15)73(101)104-41-49-31-33-51(34-32-49)80-68(96)52(27-23-36-77-72(74)100)81-69(97)60(42(2)3)82-56(89)30-22-29-55(88)76-37-35-58(91)84(13)40-57(90)78-48(11)67(95)75-12/h19-21,25-26,31-34,42-48,52-54,60-65,93H,18,22-24,27-30,35-41H2,1-17H3,(H,75,95)(H,76,88)(H,78,90)(H,79,94)(H,80,96)(H,81,97)(H,82,89)(H,83,98)(H3,74,77,100)/t45-,46+,47+,48?,52-,53-,54+,60-,61-,62-,63-,64+,65+/m0/s1. The van der Waals surface area contributed by atoms with Crippen LogP contribution in [0.4, 0.5) is 15.3 Å². The van der Waals surface area contributed by atoms with Gasteiger partial charge in [0.25, 0.3) is 0 Å². The summed E-state index contributed by atoms with van der Waals surface area (Å²) in [5.41, 5.74) is 6.72. The highest BCUT2D eigenvalue weighted by Crippen LogP contribution is 2.31. The van der Waals surface area contributed by atoms with E-state index in [2.05, 4.69) is 47.9 Å². The van der Waals surface area contributed by atoms with Crippen LogP contribution >= 0.6 is 0 Å². The number of carbonyl (C=O) groups is 13. The van der Waals surface area contributed by atoms with Crippen molar-refractivity contribution in [3.63, 3.8) is 0 Å². The molecule has 1 unspecified atom stereocenters. The Labute approximate surface area is 612 Å². The first-order valence-electron chi connectivity index (χ1n) is 35.9. The maximum atomic E-state index is 14.8. The third kappa shape index (κ3) is 28.2. The summed E-state index contributed by atoms with van der Waals surface area (Å²) >= 11 is 0. The number of hydrogen-bond donors (Lipinski definition) is 11. The molecule has 1 aliphatic rings. The van der Waals surface area contributed by atoms with E-state index in [4.69, 9.17) is 19.9 Å². The van der Waals surface area contributed by atoms with E-state index in [1.54, 1.807) is 104 Å². The fourth-order valence-corrected chi connectivity index (χ4v) is 12.6. The van der Waals surface area contributed by atoms with E-state index >= 15 is 0 Å². The topological polar surface area (TPSA) is 417 Å². The summed E-state index contributed by atoms with van der Waals surface area (Å²) in [6, 6.07) is 7.57. The number of rotatable bonds is 43. The number of primary amides is 1. The summed E-state index contributed by atoms with van der Waals surface area (Å²) in [6.07, 6.45) is -1.49. The zero-order chi connectivity index (χ0) is 78.2. The fourth-order valence-electron chi connectivity index (χ4n) is 12.6. The lowest BCUT2D eigenvalue weighted by Gasteiger charge is -2.41. The number of ether oxygens (including phenoxy) is 3. The molecule has 0 bridgehead atoms. The summed E-state index contributed by atoms with van der Waals surface area (Å²) in [5.74, 6) is -7.52. The van der Waals surface area contributed by atoms with Crippen LogP contribution in [0.1, 0.15) is 158 Å². The molecule has 13 atom stereocenters. The van der Waals surface area contributed by atoms with E-state index < -0.39 is 156 Å². The van der Waals surface area contributed by atoms with Crippen LogP contribution in [0.15, 0.2) is 54.6 Å². The SMILES string of the molecule is CC[C@H](C)[C@@H]([C@@H](CC(=O)N1CCC[C@H]1[C@H](OC)[C@@H](C)C(=O)N[C@H](C)[C@@H](O)c1ccccc1)OC)N(C)C(=O)[C@@H](NC(=O)[C@H](C(C)C)N(C)C(=O)OCc1ccc(NC(=O)[C@H](CCCNC(N)=O)NC(=O)[C@@H](NC(=O)CCCC(=O)NCCC(=O)N(C)CC(=O)NC(C)C(=O)NC)C(C)C)cc1)C(C)C. The Morgan fingerprint density at radius 2 is 1.29 bits per heavy atom. The van der Waals surface area contributed by atoms with Crippen molar-refractivity contribution in [1.29, 1.82) is 0 Å². The van der Waals surface area contributed by atoms with Gasteiger partial charge in [-0.15, -0.1) is 0 Å². The Morgan fingerprint density at radius 3 is 1.87 bits per heavy atom. The van der Waals surface area contributed by atoms with E-state index in [0.717, 1.165) is 9.80 Å². The van der Waals surface area contributed by atoms with Crippen LogP contribution in [0, 0.1) is 29.6 Å². The molecular formula is C73H118N14O17. The van der Waals surface area contributed by atoms with E-state index in [9.17, 15) is 67.4 Å². The summed E-state index contributed by atoms with van der Waals surface area (Å²) < 4.78 is 17.8. The number of likely N-dealkylation sites (tertiary alicyclic amines) is 1. The van der Waals surface area contributed by atoms with Gasteiger partial charge in [0, 0.05) is 87.0 Å². The number of anilines is 1. The van der Waals surface area contributed by atoms with Gasteiger partial charge in [0.2, 0.25) is 65.0 Å². The molecule has 0 radical (unpaired) electrons. The Kier molecular flexibility index (Phi) is 38.3. The van der Waals surface area contributed by atoms with Gasteiger partial charge in [-0.05, 0) is 92.9 Å². The van der Waals surface area contributed by atoms with Crippen LogP contribution in [0.5, 0.6) is 0 Å². The van der Waals surface area contributed by atoms with Crippen LogP contribution in [0.2, 0.25) is 0 Å². The Hall–Kier alpha value is -8.97. The first kappa shape index (κ1) is 89.2. The number of hydrogen-bond acceptors (Lipinski definition) is 17. The van der Waals surface area contributed by atoms with Gasteiger partial charge in [0.15, 0.2) is 0 Å². The number of likely N-dealkylation sites (N-methyl/N-ethyl adjacent to an activating group) is 4. The lowest BCUT2D eigenvalue weighted by Crippen LogP contribution is -2.60. The van der Waals surface area contributed by atoms with Gasteiger partial charge in [0.05, 0.1) is 55.3 Å². The van der Waals surface area contributed by atoms with Crippen molar-refractivity contribution in [3.8, 4) is 0 Å². The molecule has 31 heteroatoms. The number of aliphatic hydroxyl groups is 1. The molecule has 12 N–H and O–H groups in total. The zero-order valence-corrected chi connectivity index (χ0v) is 63.9. The van der Waals surface area contributed by atoms with E-state index in [1.807, 2.05) is 32.0 Å². The number of nitrogens with zero attached hydrogens (tertiary/aromatic N) is 4. The Balaban J connectivity index is 1.64. The Bertz CT molecular complexity index is 3160. The first-order valence-corrected chi connectivity index (χ1v) is 35.9. The van der Waals surface area contributed by atoms with Gasteiger partial charge >= 0.3 is 12.1 Å². The molecule has 0 spiro atoms. The third-order valence-electron chi connectivity index (χ3n) is 18.8. The van der Waals surface area contributed by atoms with Crippen molar-refractivity contribution < 1.29 is 81.6 Å². The summed E-state index contributed by atoms with van der Waals surface area (Å²) in [4.78, 5) is 178. The maximum absolute atomic E-state index is 14.8. The average molecular weight is 1460 g/mol. The number of methoxy groups -OCH3 is 2. The molecule has 31 nitrogen and oxygen atoms in total. The van der Waals surface area contributed by atoms with Gasteiger partial charge in [-0.2, -0.15) is 0 Å². The number of urea groups is 1. The third-order valence-corrected chi connectivity index (χ3v) is 18.8. The molecule has 0 saturated carbocycles. The van der Waals surface area contributed by atoms with Crippen LogP contribution in [-0.4, -0.2) is 231 Å². The van der Waals surface area contributed by atoms with Gasteiger partial charge < -0.3 is 87.6 Å². The second-order valence-corrected chi connectivity index (χ2v) is 27.9. The minimum absolute atomic E-state index is 0.0326. The highest BCUT2D eigenvalue weighted by atomic mass is 16.6. The molecule has 3 rings (SSSR count). The molecular weight excluding hydrogens is 1340 g/mol. The van der Waals surface area contributed by atoms with Crippen LogP contribution < -0.4 is 53.6 Å². The van der Waals surface area contributed by atoms with Gasteiger partial charge in [-0.25, -0.2) is 9.59 Å². The molecule has 1 heterocycles. The highest BCUT2D eigenvalue weighted by Gasteiger charge is 2.44. The number of nitrogens with two attached hydrogens (primary N) is 1. The van der Waals surface area contributed by atoms with Crippen molar-refractivity contribution in [1.82, 2.24) is 62.1 Å². The molecule has 0 aromatic heterocycles. The van der Waals surface area contributed by atoms with Gasteiger partial charge in [-0.3, -0.25) is 57.6 Å². The summed E-state index contributed by atoms with van der Waals surface area (Å²) in [5, 5.41) is 35.0. The van der Waals surface area contributed by atoms with Crippen LogP contribution in [0.25, 0.3) is 0 Å². The van der Waals surface area contributed by atoms with Crippen molar-refractivity contribution in [2.24, 2.45) is 35.3 Å². The van der Waals surface area contributed by atoms with Crippen LogP contribution in [-0.2, 0) is 73.6 Å².